The normalized spacial score (nSPS) is 24.4. The second-order valence-electron chi connectivity index (χ2n) is 6.47. The highest BCUT2D eigenvalue weighted by atomic mass is 16.6. The maximum atomic E-state index is 11.1. The third-order valence-corrected chi connectivity index (χ3v) is 5.86. The summed E-state index contributed by atoms with van der Waals surface area (Å²) in [6.45, 7) is 9.81. The van der Waals surface area contributed by atoms with Crippen molar-refractivity contribution < 1.29 is 4.92 Å². The van der Waals surface area contributed by atoms with Crippen LogP contribution in [0.4, 0.5) is 11.4 Å². The van der Waals surface area contributed by atoms with Crippen LogP contribution in [0.2, 0.25) is 0 Å². The number of anilines is 1. The lowest BCUT2D eigenvalue weighted by molar-refractivity contribution is -0.383. The molecule has 1 aliphatic carbocycles. The first-order valence-corrected chi connectivity index (χ1v) is 6.29. The first-order valence-electron chi connectivity index (χ1n) is 6.29. The van der Waals surface area contributed by atoms with Gasteiger partial charge in [-0.15, -0.1) is 0 Å². The zero-order valence-electron chi connectivity index (χ0n) is 11.2. The van der Waals surface area contributed by atoms with Crippen LogP contribution in [0.1, 0.15) is 33.3 Å². The number of fused-ring (bicyclic) bond motifs is 2. The van der Waals surface area contributed by atoms with Crippen molar-refractivity contribution in [1.29, 1.82) is 0 Å². The molecule has 96 valence electrons. The Morgan fingerprint density at radius 3 is 2.33 bits per heavy atom. The molecule has 1 aromatic rings. The van der Waals surface area contributed by atoms with Crippen LogP contribution in [-0.4, -0.2) is 11.5 Å². The number of nitrogens with zero attached hydrogens (tertiary/aromatic N) is 1. The Hall–Kier alpha value is -1.58. The van der Waals surface area contributed by atoms with Crippen LogP contribution in [0, 0.1) is 20.9 Å². The fourth-order valence-electron chi connectivity index (χ4n) is 4.09. The second kappa shape index (κ2) is 2.87. The maximum Gasteiger partial charge on any atom is 0.292 e. The molecule has 0 bridgehead atoms. The standard InChI is InChI=1S/C14H18N2O2/c1-12(2)13(3,4)14(12)8-15-11-9(14)6-5-7-10(11)16(17)18/h5-7,15H,8H2,1-4H3. The van der Waals surface area contributed by atoms with E-state index >= 15 is 0 Å². The highest BCUT2D eigenvalue weighted by molar-refractivity contribution is 5.75. The van der Waals surface area contributed by atoms with Crippen molar-refractivity contribution in [1.82, 2.24) is 0 Å². The summed E-state index contributed by atoms with van der Waals surface area (Å²) in [6, 6.07) is 5.42. The zero-order chi connectivity index (χ0) is 13.3. The Bertz CT molecular complexity index is 547. The van der Waals surface area contributed by atoms with Gasteiger partial charge in [0, 0.05) is 18.0 Å². The molecular weight excluding hydrogens is 228 g/mol. The summed E-state index contributed by atoms with van der Waals surface area (Å²) >= 11 is 0. The molecule has 1 saturated carbocycles. The van der Waals surface area contributed by atoms with Crippen LogP contribution >= 0.6 is 0 Å². The largest absolute Gasteiger partial charge is 0.378 e. The van der Waals surface area contributed by atoms with Gasteiger partial charge in [0.15, 0.2) is 0 Å². The van der Waals surface area contributed by atoms with Crippen LogP contribution < -0.4 is 5.32 Å². The van der Waals surface area contributed by atoms with Crippen LogP contribution in [0.15, 0.2) is 18.2 Å². The van der Waals surface area contributed by atoms with Gasteiger partial charge in [0.05, 0.1) is 4.92 Å². The van der Waals surface area contributed by atoms with Crippen molar-refractivity contribution in [3.63, 3.8) is 0 Å². The van der Waals surface area contributed by atoms with Gasteiger partial charge >= 0.3 is 0 Å². The Morgan fingerprint density at radius 1 is 1.22 bits per heavy atom. The lowest BCUT2D eigenvalue weighted by Crippen LogP contribution is -2.18. The third kappa shape index (κ3) is 0.910. The average molecular weight is 246 g/mol. The number of benzene rings is 1. The van der Waals surface area contributed by atoms with Gasteiger partial charge < -0.3 is 5.32 Å². The SMILES string of the molecule is CC1(C)C(C)(C)C12CNc1c([N+](=O)[O-])cccc12. The minimum atomic E-state index is -0.298. The van der Waals surface area contributed by atoms with E-state index in [2.05, 4.69) is 33.0 Å². The van der Waals surface area contributed by atoms with Crippen LogP contribution in [0.5, 0.6) is 0 Å². The smallest absolute Gasteiger partial charge is 0.292 e. The van der Waals surface area contributed by atoms with E-state index in [0.717, 1.165) is 17.8 Å². The molecule has 0 atom stereocenters. The predicted octanol–water partition coefficient (Wildman–Crippen LogP) is 3.32. The molecule has 0 aromatic heterocycles. The Balaban J connectivity index is 2.22. The molecule has 0 radical (unpaired) electrons. The highest BCUT2D eigenvalue weighted by Crippen LogP contribution is 2.80. The molecule has 3 rings (SSSR count). The Labute approximate surface area is 107 Å². The van der Waals surface area contributed by atoms with E-state index in [1.54, 1.807) is 12.1 Å². The molecule has 0 unspecified atom stereocenters. The zero-order valence-corrected chi connectivity index (χ0v) is 11.2. The molecule has 1 heterocycles. The molecule has 1 aromatic carbocycles. The molecule has 2 aliphatic rings. The summed E-state index contributed by atoms with van der Waals surface area (Å²) in [5, 5.41) is 14.4. The quantitative estimate of drug-likeness (QED) is 0.611. The summed E-state index contributed by atoms with van der Waals surface area (Å²) in [5.41, 5.74) is 2.39. The van der Waals surface area contributed by atoms with Crippen molar-refractivity contribution in [3.8, 4) is 0 Å². The van der Waals surface area contributed by atoms with E-state index in [1.807, 2.05) is 6.07 Å². The number of nitro groups is 1. The van der Waals surface area contributed by atoms with Crippen molar-refractivity contribution in [2.75, 3.05) is 11.9 Å². The van der Waals surface area contributed by atoms with E-state index in [1.165, 1.54) is 0 Å². The predicted molar refractivity (Wildman–Crippen MR) is 70.8 cm³/mol. The van der Waals surface area contributed by atoms with Gasteiger partial charge in [0.2, 0.25) is 0 Å². The molecule has 0 saturated heterocycles. The molecule has 4 heteroatoms. The minimum absolute atomic E-state index is 0.0291. The van der Waals surface area contributed by atoms with Gasteiger partial charge in [-0.3, -0.25) is 10.1 Å². The summed E-state index contributed by atoms with van der Waals surface area (Å²) in [7, 11) is 0. The van der Waals surface area contributed by atoms with Crippen LogP contribution in [-0.2, 0) is 5.41 Å². The first-order chi connectivity index (χ1) is 8.27. The van der Waals surface area contributed by atoms with Gasteiger partial charge in [0.1, 0.15) is 5.69 Å². The maximum absolute atomic E-state index is 11.1. The molecular formula is C14H18N2O2. The van der Waals surface area contributed by atoms with Crippen molar-refractivity contribution in [3.05, 3.63) is 33.9 Å². The van der Waals surface area contributed by atoms with Gasteiger partial charge in [-0.2, -0.15) is 0 Å². The van der Waals surface area contributed by atoms with Gasteiger partial charge in [-0.05, 0) is 16.4 Å². The molecule has 1 N–H and O–H groups in total. The fraction of sp³-hybridized carbons (Fsp3) is 0.571. The Kier molecular flexibility index (Phi) is 1.84. The van der Waals surface area contributed by atoms with E-state index < -0.39 is 0 Å². The molecule has 18 heavy (non-hydrogen) atoms. The van der Waals surface area contributed by atoms with Gasteiger partial charge in [0.25, 0.3) is 5.69 Å². The van der Waals surface area contributed by atoms with Gasteiger partial charge in [-0.25, -0.2) is 0 Å². The highest BCUT2D eigenvalue weighted by Gasteiger charge is 2.79. The van der Waals surface area contributed by atoms with Crippen LogP contribution in [0.25, 0.3) is 0 Å². The van der Waals surface area contributed by atoms with Crippen molar-refractivity contribution >= 4 is 11.4 Å². The number of hydrogen-bond acceptors (Lipinski definition) is 3. The molecule has 1 aliphatic heterocycles. The fourth-order valence-corrected chi connectivity index (χ4v) is 4.09. The Morgan fingerprint density at radius 2 is 1.83 bits per heavy atom. The molecule has 1 spiro atoms. The van der Waals surface area contributed by atoms with E-state index in [9.17, 15) is 10.1 Å². The lowest BCUT2D eigenvalue weighted by atomic mass is 9.88. The van der Waals surface area contributed by atoms with Gasteiger partial charge in [-0.1, -0.05) is 39.8 Å². The number of nitro benzene ring substituents is 1. The summed E-state index contributed by atoms with van der Waals surface area (Å²) in [6.07, 6.45) is 0. The molecule has 4 nitrogen and oxygen atoms in total. The summed E-state index contributed by atoms with van der Waals surface area (Å²) < 4.78 is 0. The summed E-state index contributed by atoms with van der Waals surface area (Å²) in [5.74, 6) is 0. The minimum Gasteiger partial charge on any atom is -0.378 e. The molecule has 1 fully saturated rings. The lowest BCUT2D eigenvalue weighted by Gasteiger charge is -2.14. The molecule has 0 amide bonds. The monoisotopic (exact) mass is 246 g/mol. The number of rotatable bonds is 1. The number of hydrogen-bond donors (Lipinski definition) is 1. The van der Waals surface area contributed by atoms with E-state index in [-0.39, 0.29) is 26.9 Å². The van der Waals surface area contributed by atoms with Crippen molar-refractivity contribution in [2.45, 2.75) is 33.1 Å². The second-order valence-corrected chi connectivity index (χ2v) is 6.47. The first kappa shape index (κ1) is 11.5. The van der Waals surface area contributed by atoms with Crippen LogP contribution in [0.3, 0.4) is 0 Å². The number of nitrogens with one attached hydrogen (secondary N) is 1. The summed E-state index contributed by atoms with van der Waals surface area (Å²) in [4.78, 5) is 10.8. The van der Waals surface area contributed by atoms with E-state index in [0.29, 0.717) is 0 Å². The topological polar surface area (TPSA) is 55.2 Å². The number of para-hydroxylation sites is 1. The average Bonchev–Trinajstić information content (AvgIpc) is 2.65. The van der Waals surface area contributed by atoms with Crippen molar-refractivity contribution in [2.24, 2.45) is 10.8 Å². The van der Waals surface area contributed by atoms with E-state index in [4.69, 9.17) is 0 Å². The third-order valence-electron chi connectivity index (χ3n) is 5.86.